The zero-order valence-electron chi connectivity index (χ0n) is 16.2. The lowest BCUT2D eigenvalue weighted by Gasteiger charge is -2.31. The molecule has 0 bridgehead atoms. The third-order valence-electron chi connectivity index (χ3n) is 5.21. The molecule has 1 fully saturated rings. The van der Waals surface area contributed by atoms with Crippen LogP contribution in [0.4, 0.5) is 5.69 Å². The van der Waals surface area contributed by atoms with Crippen LogP contribution in [0.25, 0.3) is 11.0 Å². The number of anilines is 1. The summed E-state index contributed by atoms with van der Waals surface area (Å²) < 4.78 is 5.71. The highest BCUT2D eigenvalue weighted by Crippen LogP contribution is 2.22. The van der Waals surface area contributed by atoms with Crippen molar-refractivity contribution in [2.45, 2.75) is 19.8 Å². The maximum atomic E-state index is 13.0. The predicted molar refractivity (Wildman–Crippen MR) is 111 cm³/mol. The summed E-state index contributed by atoms with van der Waals surface area (Å²) in [7, 11) is 0. The van der Waals surface area contributed by atoms with E-state index in [-0.39, 0.29) is 28.9 Å². The molecule has 1 saturated heterocycles. The molecule has 1 unspecified atom stereocenters. The first-order valence-electron chi connectivity index (χ1n) is 9.71. The van der Waals surface area contributed by atoms with Gasteiger partial charge in [-0.25, -0.2) is 0 Å². The summed E-state index contributed by atoms with van der Waals surface area (Å²) in [6.45, 7) is 2.73. The number of carbonyl (C=O) groups is 2. The monoisotopic (exact) mass is 390 g/mol. The molecule has 2 amide bonds. The second-order valence-electron chi connectivity index (χ2n) is 7.42. The Labute approximate surface area is 168 Å². The highest BCUT2D eigenvalue weighted by Gasteiger charge is 2.30. The third kappa shape index (κ3) is 4.06. The number of rotatable bonds is 3. The van der Waals surface area contributed by atoms with Crippen molar-refractivity contribution < 1.29 is 14.0 Å². The van der Waals surface area contributed by atoms with Crippen molar-refractivity contribution in [1.82, 2.24) is 4.90 Å². The second kappa shape index (κ2) is 7.91. The van der Waals surface area contributed by atoms with Crippen molar-refractivity contribution in [2.75, 3.05) is 18.4 Å². The smallest absolute Gasteiger partial charge is 0.289 e. The zero-order valence-corrected chi connectivity index (χ0v) is 16.2. The largest absolute Gasteiger partial charge is 0.451 e. The first-order valence-corrected chi connectivity index (χ1v) is 9.71. The SMILES string of the molecule is Cc1ccc2oc(C(=O)N3CCCC(C(=O)Nc4ccccc4)C3)cc(=O)c2c1. The molecule has 148 valence electrons. The van der Waals surface area contributed by atoms with E-state index in [0.29, 0.717) is 30.5 Å². The Morgan fingerprint density at radius 1 is 1.10 bits per heavy atom. The van der Waals surface area contributed by atoms with E-state index in [1.54, 1.807) is 17.0 Å². The highest BCUT2D eigenvalue weighted by molar-refractivity contribution is 5.95. The van der Waals surface area contributed by atoms with Crippen LogP contribution in [0.15, 0.2) is 63.8 Å². The Morgan fingerprint density at radius 2 is 1.90 bits per heavy atom. The van der Waals surface area contributed by atoms with E-state index in [9.17, 15) is 14.4 Å². The van der Waals surface area contributed by atoms with Gasteiger partial charge in [0.1, 0.15) is 5.58 Å². The van der Waals surface area contributed by atoms with Crippen LogP contribution < -0.4 is 10.7 Å². The van der Waals surface area contributed by atoms with Crippen LogP contribution in [-0.2, 0) is 4.79 Å². The number of nitrogens with one attached hydrogen (secondary N) is 1. The molecule has 1 aliphatic heterocycles. The van der Waals surface area contributed by atoms with Crippen LogP contribution in [0.5, 0.6) is 0 Å². The molecule has 3 aromatic rings. The van der Waals surface area contributed by atoms with Gasteiger partial charge in [0.25, 0.3) is 5.91 Å². The minimum Gasteiger partial charge on any atom is -0.451 e. The molecule has 1 N–H and O–H groups in total. The molecule has 1 aliphatic rings. The summed E-state index contributed by atoms with van der Waals surface area (Å²) in [6.07, 6.45) is 1.43. The van der Waals surface area contributed by atoms with Gasteiger partial charge in [-0.2, -0.15) is 0 Å². The van der Waals surface area contributed by atoms with Gasteiger partial charge in [0.15, 0.2) is 11.2 Å². The first-order chi connectivity index (χ1) is 14.0. The number of carbonyl (C=O) groups excluding carboxylic acids is 2. The number of aryl methyl sites for hydroxylation is 1. The van der Waals surface area contributed by atoms with Crippen LogP contribution >= 0.6 is 0 Å². The van der Waals surface area contributed by atoms with E-state index < -0.39 is 0 Å². The second-order valence-corrected chi connectivity index (χ2v) is 7.42. The molecule has 6 nitrogen and oxygen atoms in total. The van der Waals surface area contributed by atoms with E-state index >= 15 is 0 Å². The zero-order chi connectivity index (χ0) is 20.4. The quantitative estimate of drug-likeness (QED) is 0.741. The van der Waals surface area contributed by atoms with E-state index in [4.69, 9.17) is 4.42 Å². The van der Waals surface area contributed by atoms with E-state index in [1.807, 2.05) is 43.3 Å². The Balaban J connectivity index is 1.51. The molecule has 1 aromatic heterocycles. The number of hydrogen-bond acceptors (Lipinski definition) is 4. The van der Waals surface area contributed by atoms with Gasteiger partial charge in [-0.1, -0.05) is 29.8 Å². The van der Waals surface area contributed by atoms with Gasteiger partial charge in [-0.3, -0.25) is 14.4 Å². The molecular weight excluding hydrogens is 368 g/mol. The number of likely N-dealkylation sites (tertiary alicyclic amines) is 1. The van der Waals surface area contributed by atoms with Crippen molar-refractivity contribution in [1.29, 1.82) is 0 Å². The number of benzene rings is 2. The number of piperidine rings is 1. The average molecular weight is 390 g/mol. The molecule has 6 heteroatoms. The summed E-state index contributed by atoms with van der Waals surface area (Å²) >= 11 is 0. The van der Waals surface area contributed by atoms with Crippen LogP contribution in [0, 0.1) is 12.8 Å². The number of amides is 2. The molecule has 2 heterocycles. The molecule has 4 rings (SSSR count). The summed E-state index contributed by atoms with van der Waals surface area (Å²) in [5, 5.41) is 3.36. The number of nitrogens with zero attached hydrogens (tertiary/aromatic N) is 1. The van der Waals surface area contributed by atoms with E-state index in [0.717, 1.165) is 17.7 Å². The van der Waals surface area contributed by atoms with Gasteiger partial charge in [-0.15, -0.1) is 0 Å². The molecule has 2 aromatic carbocycles. The molecular formula is C23H22N2O4. The minimum absolute atomic E-state index is 0.00969. The minimum atomic E-state index is -0.359. The van der Waals surface area contributed by atoms with Gasteiger partial charge in [0, 0.05) is 24.8 Å². The lowest BCUT2D eigenvalue weighted by molar-refractivity contribution is -0.121. The maximum Gasteiger partial charge on any atom is 0.289 e. The number of para-hydroxylation sites is 1. The Morgan fingerprint density at radius 3 is 2.69 bits per heavy atom. The van der Waals surface area contributed by atoms with Gasteiger partial charge in [0.05, 0.1) is 11.3 Å². The Bertz CT molecular complexity index is 1120. The predicted octanol–water partition coefficient (Wildman–Crippen LogP) is 3.59. The summed E-state index contributed by atoms with van der Waals surface area (Å²) in [4.78, 5) is 39.6. The molecule has 1 atom stereocenters. The van der Waals surface area contributed by atoms with Crippen molar-refractivity contribution in [3.63, 3.8) is 0 Å². The van der Waals surface area contributed by atoms with Crippen LogP contribution in [0.1, 0.15) is 29.0 Å². The Kier molecular flexibility index (Phi) is 5.16. The fourth-order valence-corrected chi connectivity index (χ4v) is 3.67. The normalized spacial score (nSPS) is 16.6. The van der Waals surface area contributed by atoms with Crippen molar-refractivity contribution in [3.05, 3.63) is 76.1 Å². The van der Waals surface area contributed by atoms with Gasteiger partial charge >= 0.3 is 0 Å². The van der Waals surface area contributed by atoms with Crippen molar-refractivity contribution in [2.24, 2.45) is 5.92 Å². The number of fused-ring (bicyclic) bond motifs is 1. The number of hydrogen-bond donors (Lipinski definition) is 1. The van der Waals surface area contributed by atoms with Crippen LogP contribution in [0.2, 0.25) is 0 Å². The van der Waals surface area contributed by atoms with Gasteiger partial charge in [-0.05, 0) is 44.0 Å². The standard InChI is InChI=1S/C23H22N2O4/c1-15-9-10-20-18(12-15)19(26)13-21(29-20)23(28)25-11-5-6-16(14-25)22(27)24-17-7-3-2-4-8-17/h2-4,7-10,12-13,16H,5-6,11,14H2,1H3,(H,24,27). The maximum absolute atomic E-state index is 13.0. The summed E-state index contributed by atoms with van der Waals surface area (Å²) in [5.41, 5.74) is 1.83. The van der Waals surface area contributed by atoms with Gasteiger partial charge < -0.3 is 14.6 Å². The van der Waals surface area contributed by atoms with Gasteiger partial charge in [0.2, 0.25) is 5.91 Å². The molecule has 0 spiro atoms. The van der Waals surface area contributed by atoms with Crippen molar-refractivity contribution >= 4 is 28.5 Å². The molecule has 0 radical (unpaired) electrons. The van der Waals surface area contributed by atoms with E-state index in [2.05, 4.69) is 5.32 Å². The Hall–Kier alpha value is -3.41. The lowest BCUT2D eigenvalue weighted by Crippen LogP contribution is -2.44. The molecule has 0 saturated carbocycles. The topological polar surface area (TPSA) is 79.6 Å². The summed E-state index contributed by atoms with van der Waals surface area (Å²) in [6, 6.07) is 15.8. The fourth-order valence-electron chi connectivity index (χ4n) is 3.67. The fraction of sp³-hybridized carbons (Fsp3) is 0.261. The van der Waals surface area contributed by atoms with Crippen LogP contribution in [-0.4, -0.2) is 29.8 Å². The van der Waals surface area contributed by atoms with E-state index in [1.165, 1.54) is 6.07 Å². The lowest BCUT2D eigenvalue weighted by atomic mass is 9.96. The third-order valence-corrected chi connectivity index (χ3v) is 5.21. The summed E-state index contributed by atoms with van der Waals surface area (Å²) in [5.74, 6) is -0.760. The highest BCUT2D eigenvalue weighted by atomic mass is 16.3. The average Bonchev–Trinajstić information content (AvgIpc) is 2.74. The van der Waals surface area contributed by atoms with Crippen LogP contribution in [0.3, 0.4) is 0 Å². The van der Waals surface area contributed by atoms with Crippen molar-refractivity contribution in [3.8, 4) is 0 Å². The molecule has 29 heavy (non-hydrogen) atoms. The first kappa shape index (κ1) is 18.9. The molecule has 0 aliphatic carbocycles.